The van der Waals surface area contributed by atoms with Crippen LogP contribution in [0.2, 0.25) is 0 Å². The van der Waals surface area contributed by atoms with Gasteiger partial charge < -0.3 is 20.5 Å². The SMILES string of the molecule is COCC(C)NC(N)=NC1C2CCOC2C12CCCC2. The number of nitrogens with one attached hydrogen (secondary N) is 1. The van der Waals surface area contributed by atoms with E-state index in [0.29, 0.717) is 30.6 Å². The number of fused-ring (bicyclic) bond motifs is 2. The average Bonchev–Trinajstić information content (AvgIpc) is 3.04. The monoisotopic (exact) mass is 281 g/mol. The van der Waals surface area contributed by atoms with Gasteiger partial charge in [-0.15, -0.1) is 0 Å². The molecule has 1 aliphatic heterocycles. The number of ether oxygens (including phenoxy) is 2. The molecule has 5 nitrogen and oxygen atoms in total. The van der Waals surface area contributed by atoms with Gasteiger partial charge in [-0.05, 0) is 26.2 Å². The molecule has 3 fully saturated rings. The zero-order chi connectivity index (χ0) is 14.2. The molecule has 20 heavy (non-hydrogen) atoms. The smallest absolute Gasteiger partial charge is 0.189 e. The molecule has 1 spiro atoms. The number of methoxy groups -OCH3 is 1. The predicted octanol–water partition coefficient (Wildman–Crippen LogP) is 1.27. The maximum Gasteiger partial charge on any atom is 0.189 e. The largest absolute Gasteiger partial charge is 0.383 e. The summed E-state index contributed by atoms with van der Waals surface area (Å²) in [5.74, 6) is 1.15. The Morgan fingerprint density at radius 2 is 2.25 bits per heavy atom. The van der Waals surface area contributed by atoms with E-state index in [1.54, 1.807) is 7.11 Å². The number of nitrogens with zero attached hydrogens (tertiary/aromatic N) is 1. The number of rotatable bonds is 4. The van der Waals surface area contributed by atoms with E-state index < -0.39 is 0 Å². The van der Waals surface area contributed by atoms with E-state index in [4.69, 9.17) is 20.2 Å². The van der Waals surface area contributed by atoms with Gasteiger partial charge in [-0.1, -0.05) is 12.8 Å². The first-order valence-corrected chi connectivity index (χ1v) is 7.88. The first-order chi connectivity index (χ1) is 9.67. The Morgan fingerprint density at radius 3 is 2.95 bits per heavy atom. The standard InChI is InChI=1S/C15H27N3O2/c1-10(9-19-2)17-14(16)18-12-11-5-8-20-13(11)15(12)6-3-4-7-15/h10-13H,3-9H2,1-2H3,(H3,16,17,18). The van der Waals surface area contributed by atoms with Gasteiger partial charge in [0.2, 0.25) is 0 Å². The number of guanidine groups is 1. The lowest BCUT2D eigenvalue weighted by Crippen LogP contribution is -2.61. The van der Waals surface area contributed by atoms with Crippen LogP contribution in [0.5, 0.6) is 0 Å². The molecule has 114 valence electrons. The van der Waals surface area contributed by atoms with Crippen LogP contribution in [0.1, 0.15) is 39.0 Å². The zero-order valence-electron chi connectivity index (χ0n) is 12.6. The van der Waals surface area contributed by atoms with E-state index in [1.165, 1.54) is 25.7 Å². The molecular weight excluding hydrogens is 254 g/mol. The first kappa shape index (κ1) is 14.1. The minimum Gasteiger partial charge on any atom is -0.383 e. The van der Waals surface area contributed by atoms with Crippen molar-refractivity contribution in [3.05, 3.63) is 0 Å². The minimum atomic E-state index is 0.193. The van der Waals surface area contributed by atoms with Gasteiger partial charge in [-0.25, -0.2) is 4.99 Å². The third-order valence-corrected chi connectivity index (χ3v) is 5.32. The summed E-state index contributed by atoms with van der Waals surface area (Å²) in [6.45, 7) is 3.59. The molecule has 2 aliphatic carbocycles. The van der Waals surface area contributed by atoms with Crippen molar-refractivity contribution in [1.29, 1.82) is 0 Å². The van der Waals surface area contributed by atoms with Crippen molar-refractivity contribution < 1.29 is 9.47 Å². The van der Waals surface area contributed by atoms with Crippen LogP contribution >= 0.6 is 0 Å². The lowest BCUT2D eigenvalue weighted by molar-refractivity contribution is -0.117. The van der Waals surface area contributed by atoms with Crippen LogP contribution in [0.3, 0.4) is 0 Å². The zero-order valence-corrected chi connectivity index (χ0v) is 12.6. The Bertz CT molecular complexity index is 379. The van der Waals surface area contributed by atoms with Crippen molar-refractivity contribution in [2.24, 2.45) is 22.1 Å². The normalized spacial score (nSPS) is 36.7. The van der Waals surface area contributed by atoms with Gasteiger partial charge in [0.05, 0.1) is 18.8 Å². The van der Waals surface area contributed by atoms with Gasteiger partial charge in [0.1, 0.15) is 0 Å². The topological polar surface area (TPSA) is 68.9 Å². The maximum atomic E-state index is 6.09. The van der Waals surface area contributed by atoms with Crippen molar-refractivity contribution >= 4 is 5.96 Å². The fourth-order valence-electron chi connectivity index (χ4n) is 4.57. The van der Waals surface area contributed by atoms with Crippen molar-refractivity contribution in [1.82, 2.24) is 5.32 Å². The molecule has 3 N–H and O–H groups in total. The molecule has 2 saturated carbocycles. The van der Waals surface area contributed by atoms with Gasteiger partial charge in [-0.3, -0.25) is 0 Å². The molecule has 1 heterocycles. The summed E-state index contributed by atoms with van der Waals surface area (Å²) in [4.78, 5) is 4.83. The first-order valence-electron chi connectivity index (χ1n) is 7.88. The van der Waals surface area contributed by atoms with Crippen molar-refractivity contribution in [3.8, 4) is 0 Å². The van der Waals surface area contributed by atoms with E-state index in [0.717, 1.165) is 13.0 Å². The third kappa shape index (κ3) is 2.21. The van der Waals surface area contributed by atoms with Crippen LogP contribution in [0.15, 0.2) is 4.99 Å². The van der Waals surface area contributed by atoms with E-state index in [-0.39, 0.29) is 11.5 Å². The molecule has 0 radical (unpaired) electrons. The molecule has 0 amide bonds. The van der Waals surface area contributed by atoms with Crippen molar-refractivity contribution in [2.45, 2.75) is 57.2 Å². The Morgan fingerprint density at radius 1 is 1.50 bits per heavy atom. The minimum absolute atomic E-state index is 0.193. The van der Waals surface area contributed by atoms with Gasteiger partial charge in [0.25, 0.3) is 0 Å². The summed E-state index contributed by atoms with van der Waals surface area (Å²) < 4.78 is 11.1. The number of hydrogen-bond donors (Lipinski definition) is 2. The van der Waals surface area contributed by atoms with Crippen molar-refractivity contribution in [2.75, 3.05) is 20.3 Å². The molecule has 0 aromatic heterocycles. The van der Waals surface area contributed by atoms with Crippen LogP contribution < -0.4 is 11.1 Å². The fraction of sp³-hybridized carbons (Fsp3) is 0.933. The number of hydrogen-bond acceptors (Lipinski definition) is 3. The Labute approximate surface area is 121 Å². The molecule has 4 atom stereocenters. The molecule has 3 aliphatic rings. The molecular formula is C15H27N3O2. The van der Waals surface area contributed by atoms with Crippen LogP contribution in [0.4, 0.5) is 0 Å². The lowest BCUT2D eigenvalue weighted by atomic mass is 9.54. The van der Waals surface area contributed by atoms with Gasteiger partial charge in [0, 0.05) is 31.1 Å². The van der Waals surface area contributed by atoms with E-state index in [9.17, 15) is 0 Å². The summed E-state index contributed by atoms with van der Waals surface area (Å²) in [5.41, 5.74) is 6.38. The Hall–Kier alpha value is -0.810. The quantitative estimate of drug-likeness (QED) is 0.601. The van der Waals surface area contributed by atoms with Gasteiger partial charge in [-0.2, -0.15) is 0 Å². The molecule has 5 heteroatoms. The molecule has 1 saturated heterocycles. The lowest BCUT2D eigenvalue weighted by Gasteiger charge is -2.54. The highest BCUT2D eigenvalue weighted by Crippen LogP contribution is 2.61. The predicted molar refractivity (Wildman–Crippen MR) is 78.6 cm³/mol. The highest BCUT2D eigenvalue weighted by atomic mass is 16.5. The van der Waals surface area contributed by atoms with E-state index >= 15 is 0 Å². The summed E-state index contributed by atoms with van der Waals surface area (Å²) in [7, 11) is 1.70. The van der Waals surface area contributed by atoms with Gasteiger partial charge >= 0.3 is 0 Å². The molecule has 4 unspecified atom stereocenters. The summed E-state index contributed by atoms with van der Waals surface area (Å²) >= 11 is 0. The van der Waals surface area contributed by atoms with E-state index in [2.05, 4.69) is 12.2 Å². The molecule has 0 aromatic carbocycles. The second kappa shape index (κ2) is 5.53. The molecule has 3 rings (SSSR count). The fourth-order valence-corrected chi connectivity index (χ4v) is 4.57. The van der Waals surface area contributed by atoms with Crippen LogP contribution in [-0.4, -0.2) is 44.5 Å². The third-order valence-electron chi connectivity index (χ3n) is 5.32. The highest BCUT2D eigenvalue weighted by molar-refractivity contribution is 5.78. The Balaban J connectivity index is 1.68. The van der Waals surface area contributed by atoms with E-state index in [1.807, 2.05) is 0 Å². The highest BCUT2D eigenvalue weighted by Gasteiger charge is 2.65. The summed E-state index contributed by atoms with van der Waals surface area (Å²) in [6, 6.07) is 0.554. The summed E-state index contributed by atoms with van der Waals surface area (Å²) in [6.07, 6.45) is 6.72. The number of nitrogens with two attached hydrogens (primary N) is 1. The Kier molecular flexibility index (Phi) is 3.91. The van der Waals surface area contributed by atoms with Crippen molar-refractivity contribution in [3.63, 3.8) is 0 Å². The second-order valence-corrected chi connectivity index (χ2v) is 6.64. The van der Waals surface area contributed by atoms with Crippen LogP contribution in [0.25, 0.3) is 0 Å². The molecule has 0 aromatic rings. The molecule has 0 bridgehead atoms. The van der Waals surface area contributed by atoms with Gasteiger partial charge in [0.15, 0.2) is 5.96 Å². The second-order valence-electron chi connectivity index (χ2n) is 6.64. The van der Waals surface area contributed by atoms with Crippen LogP contribution in [0, 0.1) is 11.3 Å². The van der Waals surface area contributed by atoms with Crippen LogP contribution in [-0.2, 0) is 9.47 Å². The maximum absolute atomic E-state index is 6.09. The summed E-state index contributed by atoms with van der Waals surface area (Å²) in [5, 5.41) is 3.23. The number of aliphatic imine (C=N–C) groups is 1. The average molecular weight is 281 g/mol.